The number of hydrogen-bond donors (Lipinski definition) is 1. The molecule has 0 aliphatic heterocycles. The number of benzene rings is 2. The third kappa shape index (κ3) is 2.28. The summed E-state index contributed by atoms with van der Waals surface area (Å²) in [7, 11) is 5.72. The number of rotatable bonds is 2. The smallest absolute Gasteiger partial charge is 0.113 e. The topological polar surface area (TPSA) is 26.0 Å². The Morgan fingerprint density at radius 1 is 0.867 bits per heavy atom. The average Bonchev–Trinajstić information content (AvgIpc) is 2.29. The van der Waals surface area contributed by atoms with Gasteiger partial charge < -0.3 is 5.73 Å². The summed E-state index contributed by atoms with van der Waals surface area (Å²) in [6.45, 7) is 0. The lowest BCUT2D eigenvalue weighted by Crippen LogP contribution is -2.14. The first-order chi connectivity index (χ1) is 7.27. The van der Waals surface area contributed by atoms with Gasteiger partial charge in [0.15, 0.2) is 0 Å². The average molecular weight is 193 g/mol. The molecule has 15 heavy (non-hydrogen) atoms. The zero-order valence-corrected chi connectivity index (χ0v) is 8.43. The Morgan fingerprint density at radius 3 is 2.20 bits per heavy atom. The molecule has 0 heterocycles. The van der Waals surface area contributed by atoms with Crippen molar-refractivity contribution in [2.45, 2.75) is 6.04 Å². The minimum Gasteiger partial charge on any atom is -0.320 e. The van der Waals surface area contributed by atoms with Gasteiger partial charge in [-0.2, -0.15) is 0 Å². The highest BCUT2D eigenvalue weighted by atomic mass is 14.6. The monoisotopic (exact) mass is 193 g/mol. The standard InChI is InChI=1S/C13H12BN/c14-12-8-4-7-11(9-12)13(15)10-5-2-1-3-6-10/h1-9,13H,15H2. The van der Waals surface area contributed by atoms with Crippen molar-refractivity contribution in [1.82, 2.24) is 0 Å². The summed E-state index contributed by atoms with van der Waals surface area (Å²) in [5.41, 5.74) is 9.02. The highest BCUT2D eigenvalue weighted by molar-refractivity contribution is 6.32. The van der Waals surface area contributed by atoms with Crippen LogP contribution in [0.2, 0.25) is 0 Å². The van der Waals surface area contributed by atoms with Gasteiger partial charge in [0.05, 0.1) is 6.04 Å². The van der Waals surface area contributed by atoms with E-state index in [1.165, 1.54) is 0 Å². The molecule has 2 heteroatoms. The van der Waals surface area contributed by atoms with Gasteiger partial charge in [-0.05, 0) is 11.1 Å². The molecule has 2 N–H and O–H groups in total. The van der Waals surface area contributed by atoms with Crippen molar-refractivity contribution in [2.24, 2.45) is 5.73 Å². The molecule has 2 aromatic carbocycles. The van der Waals surface area contributed by atoms with Crippen LogP contribution in [-0.2, 0) is 0 Å². The third-order valence-corrected chi connectivity index (χ3v) is 2.43. The Kier molecular flexibility index (Phi) is 2.88. The maximum absolute atomic E-state index is 6.13. The van der Waals surface area contributed by atoms with Gasteiger partial charge in [0, 0.05) is 0 Å². The molecular formula is C13H12BN. The predicted octanol–water partition coefficient (Wildman–Crippen LogP) is 1.53. The summed E-state index contributed by atoms with van der Waals surface area (Å²) < 4.78 is 0. The molecule has 0 fully saturated rings. The quantitative estimate of drug-likeness (QED) is 0.719. The summed E-state index contributed by atoms with van der Waals surface area (Å²) in [6.07, 6.45) is 0. The summed E-state index contributed by atoms with van der Waals surface area (Å²) in [4.78, 5) is 0. The highest BCUT2D eigenvalue weighted by Crippen LogP contribution is 2.17. The molecule has 0 aliphatic rings. The van der Waals surface area contributed by atoms with Crippen molar-refractivity contribution < 1.29 is 0 Å². The van der Waals surface area contributed by atoms with E-state index in [0.717, 1.165) is 16.6 Å². The van der Waals surface area contributed by atoms with Gasteiger partial charge >= 0.3 is 0 Å². The second-order valence-electron chi connectivity index (χ2n) is 3.56. The van der Waals surface area contributed by atoms with Crippen LogP contribution in [-0.4, -0.2) is 7.85 Å². The van der Waals surface area contributed by atoms with Crippen LogP contribution in [0.3, 0.4) is 0 Å². The van der Waals surface area contributed by atoms with E-state index in [-0.39, 0.29) is 6.04 Å². The summed E-state index contributed by atoms with van der Waals surface area (Å²) in [5.74, 6) is 0. The number of hydrogen-bond acceptors (Lipinski definition) is 1. The molecule has 0 saturated heterocycles. The second-order valence-corrected chi connectivity index (χ2v) is 3.56. The van der Waals surface area contributed by atoms with Crippen LogP contribution in [0.5, 0.6) is 0 Å². The zero-order valence-electron chi connectivity index (χ0n) is 8.43. The predicted molar refractivity (Wildman–Crippen MR) is 64.3 cm³/mol. The Labute approximate surface area is 91.3 Å². The van der Waals surface area contributed by atoms with E-state index < -0.39 is 0 Å². The third-order valence-electron chi connectivity index (χ3n) is 2.43. The van der Waals surface area contributed by atoms with Crippen molar-refractivity contribution >= 4 is 13.3 Å². The molecular weight excluding hydrogens is 181 g/mol. The lowest BCUT2D eigenvalue weighted by Gasteiger charge is -2.12. The Balaban J connectivity index is 2.32. The molecule has 0 bridgehead atoms. The molecule has 2 rings (SSSR count). The fourth-order valence-corrected chi connectivity index (χ4v) is 1.61. The highest BCUT2D eigenvalue weighted by Gasteiger charge is 2.07. The zero-order chi connectivity index (χ0) is 10.7. The van der Waals surface area contributed by atoms with Crippen molar-refractivity contribution in [1.29, 1.82) is 0 Å². The minimum absolute atomic E-state index is 0.102. The van der Waals surface area contributed by atoms with Crippen LogP contribution in [0.25, 0.3) is 0 Å². The van der Waals surface area contributed by atoms with Crippen LogP contribution < -0.4 is 11.2 Å². The van der Waals surface area contributed by atoms with E-state index >= 15 is 0 Å². The van der Waals surface area contributed by atoms with Gasteiger partial charge in [-0.25, -0.2) is 0 Å². The molecule has 72 valence electrons. The summed E-state index contributed by atoms with van der Waals surface area (Å²) in [5, 5.41) is 0. The molecule has 1 nitrogen and oxygen atoms in total. The molecule has 0 aliphatic carbocycles. The van der Waals surface area contributed by atoms with E-state index in [1.54, 1.807) is 0 Å². The van der Waals surface area contributed by atoms with Gasteiger partial charge in [0.25, 0.3) is 0 Å². The molecule has 1 atom stereocenters. The van der Waals surface area contributed by atoms with Gasteiger partial charge in [-0.3, -0.25) is 0 Å². The van der Waals surface area contributed by atoms with Crippen molar-refractivity contribution in [2.75, 3.05) is 0 Å². The Bertz CT molecular complexity index is 439. The fourth-order valence-electron chi connectivity index (χ4n) is 1.61. The summed E-state index contributed by atoms with van der Waals surface area (Å²) in [6, 6.07) is 17.6. The molecule has 0 amide bonds. The second kappa shape index (κ2) is 4.32. The molecule has 1 unspecified atom stereocenters. The molecule has 2 radical (unpaired) electrons. The first kappa shape index (κ1) is 10.00. The van der Waals surface area contributed by atoms with Crippen LogP contribution in [0.15, 0.2) is 54.6 Å². The normalized spacial score (nSPS) is 12.3. The first-order valence-electron chi connectivity index (χ1n) is 4.93. The van der Waals surface area contributed by atoms with E-state index in [0.29, 0.717) is 0 Å². The van der Waals surface area contributed by atoms with E-state index in [4.69, 9.17) is 13.6 Å². The van der Waals surface area contributed by atoms with E-state index in [1.807, 2.05) is 54.6 Å². The molecule has 0 saturated carbocycles. The maximum Gasteiger partial charge on any atom is 0.113 e. The maximum atomic E-state index is 6.13. The lowest BCUT2D eigenvalue weighted by molar-refractivity contribution is 0.873. The Morgan fingerprint density at radius 2 is 1.53 bits per heavy atom. The lowest BCUT2D eigenvalue weighted by atomic mass is 9.91. The summed E-state index contributed by atoms with van der Waals surface area (Å²) >= 11 is 0. The molecule has 0 spiro atoms. The van der Waals surface area contributed by atoms with Gasteiger partial charge in [-0.15, -0.1) is 0 Å². The van der Waals surface area contributed by atoms with Crippen LogP contribution in [0.4, 0.5) is 0 Å². The van der Waals surface area contributed by atoms with Gasteiger partial charge in [0.2, 0.25) is 0 Å². The van der Waals surface area contributed by atoms with Crippen LogP contribution in [0.1, 0.15) is 17.2 Å². The van der Waals surface area contributed by atoms with E-state index in [2.05, 4.69) is 0 Å². The fraction of sp³-hybridized carbons (Fsp3) is 0.0769. The van der Waals surface area contributed by atoms with Crippen molar-refractivity contribution in [3.05, 3.63) is 65.7 Å². The largest absolute Gasteiger partial charge is 0.320 e. The minimum atomic E-state index is -0.102. The SMILES string of the molecule is [B]c1cccc(C(N)c2ccccc2)c1. The van der Waals surface area contributed by atoms with Crippen molar-refractivity contribution in [3.8, 4) is 0 Å². The van der Waals surface area contributed by atoms with Crippen LogP contribution >= 0.6 is 0 Å². The van der Waals surface area contributed by atoms with Crippen molar-refractivity contribution in [3.63, 3.8) is 0 Å². The van der Waals surface area contributed by atoms with E-state index in [9.17, 15) is 0 Å². The first-order valence-corrected chi connectivity index (χ1v) is 4.93. The van der Waals surface area contributed by atoms with Gasteiger partial charge in [0.1, 0.15) is 7.85 Å². The number of nitrogens with two attached hydrogens (primary N) is 1. The van der Waals surface area contributed by atoms with Gasteiger partial charge in [-0.1, -0.05) is 60.1 Å². The molecule has 2 aromatic rings. The Hall–Kier alpha value is -1.54. The van der Waals surface area contributed by atoms with Crippen LogP contribution in [0, 0.1) is 0 Å². The molecule has 0 aromatic heterocycles.